The lowest BCUT2D eigenvalue weighted by atomic mass is 9.97. The summed E-state index contributed by atoms with van der Waals surface area (Å²) in [6.45, 7) is 4.01. The molecule has 0 saturated carbocycles. The molecule has 3 aromatic rings. The normalized spacial score (nSPS) is 11.9. The summed E-state index contributed by atoms with van der Waals surface area (Å²) in [7, 11) is 0. The minimum atomic E-state index is 0.000857. The summed E-state index contributed by atoms with van der Waals surface area (Å²) in [6, 6.07) is 15.7. The molecule has 0 aliphatic heterocycles. The molecule has 122 valence electrons. The van der Waals surface area contributed by atoms with Gasteiger partial charge in [0.1, 0.15) is 6.33 Å². The zero-order valence-corrected chi connectivity index (χ0v) is 13.7. The van der Waals surface area contributed by atoms with Gasteiger partial charge in [-0.05, 0) is 52.6 Å². The molecule has 1 amide bonds. The fraction of sp³-hybridized carbons (Fsp3) is 0.222. The van der Waals surface area contributed by atoms with E-state index in [0.717, 1.165) is 22.5 Å². The molecule has 0 saturated heterocycles. The smallest absolute Gasteiger partial charge is 0.224 e. The highest BCUT2D eigenvalue weighted by atomic mass is 16.1. The summed E-state index contributed by atoms with van der Waals surface area (Å²) >= 11 is 0. The lowest BCUT2D eigenvalue weighted by Gasteiger charge is -2.13. The molecule has 1 atom stereocenters. The molecule has 1 N–H and O–H groups in total. The number of nitrogens with zero attached hydrogens (tertiary/aromatic N) is 4. The first-order valence-electron chi connectivity index (χ1n) is 7.82. The van der Waals surface area contributed by atoms with Gasteiger partial charge in [-0.15, -0.1) is 5.10 Å². The van der Waals surface area contributed by atoms with Crippen LogP contribution in [0, 0.1) is 6.92 Å². The maximum absolute atomic E-state index is 12.3. The number of tetrazole rings is 1. The van der Waals surface area contributed by atoms with E-state index < -0.39 is 0 Å². The molecule has 0 fully saturated rings. The van der Waals surface area contributed by atoms with E-state index in [4.69, 9.17) is 0 Å². The van der Waals surface area contributed by atoms with Gasteiger partial charge in [0.2, 0.25) is 5.91 Å². The Kier molecular flexibility index (Phi) is 4.65. The Hall–Kier alpha value is -3.02. The maximum atomic E-state index is 12.3. The average molecular weight is 321 g/mol. The van der Waals surface area contributed by atoms with Crippen molar-refractivity contribution in [1.82, 2.24) is 20.2 Å². The molecule has 1 heterocycles. The van der Waals surface area contributed by atoms with Gasteiger partial charge < -0.3 is 5.32 Å². The van der Waals surface area contributed by atoms with Crippen molar-refractivity contribution < 1.29 is 4.79 Å². The van der Waals surface area contributed by atoms with Crippen LogP contribution in [0.3, 0.4) is 0 Å². The van der Waals surface area contributed by atoms with Crippen LogP contribution in [0.5, 0.6) is 0 Å². The number of aryl methyl sites for hydroxylation is 1. The van der Waals surface area contributed by atoms with Crippen molar-refractivity contribution in [1.29, 1.82) is 0 Å². The third-order valence-electron chi connectivity index (χ3n) is 3.94. The van der Waals surface area contributed by atoms with Gasteiger partial charge in [0.05, 0.1) is 5.69 Å². The average Bonchev–Trinajstić information content (AvgIpc) is 3.10. The van der Waals surface area contributed by atoms with Crippen LogP contribution in [0.15, 0.2) is 54.9 Å². The number of carbonyl (C=O) groups excluding carboxylic acids is 1. The molecular weight excluding hydrogens is 302 g/mol. The molecule has 0 bridgehead atoms. The summed E-state index contributed by atoms with van der Waals surface area (Å²) in [5.41, 5.74) is 3.80. The van der Waals surface area contributed by atoms with Crippen molar-refractivity contribution in [2.75, 3.05) is 5.32 Å². The van der Waals surface area contributed by atoms with Gasteiger partial charge in [-0.3, -0.25) is 4.79 Å². The fourth-order valence-electron chi connectivity index (χ4n) is 2.65. The molecule has 6 heteroatoms. The third-order valence-corrected chi connectivity index (χ3v) is 3.94. The van der Waals surface area contributed by atoms with Gasteiger partial charge in [0.15, 0.2) is 0 Å². The summed E-state index contributed by atoms with van der Waals surface area (Å²) in [5, 5.41) is 14.1. The molecular formula is C18H19N5O. The van der Waals surface area contributed by atoms with E-state index in [1.165, 1.54) is 0 Å². The number of aromatic nitrogens is 4. The number of nitrogens with one attached hydrogen (secondary N) is 1. The third kappa shape index (κ3) is 3.65. The zero-order valence-electron chi connectivity index (χ0n) is 13.7. The molecule has 0 aliphatic rings. The number of hydrogen-bond acceptors (Lipinski definition) is 4. The Morgan fingerprint density at radius 2 is 2.00 bits per heavy atom. The van der Waals surface area contributed by atoms with E-state index in [0.29, 0.717) is 6.42 Å². The SMILES string of the molecule is Cc1cc(NC(=O)CC(C)c2ccccc2)ccc1-n1cnnn1. The highest BCUT2D eigenvalue weighted by molar-refractivity contribution is 5.91. The van der Waals surface area contributed by atoms with Crippen molar-refractivity contribution in [2.24, 2.45) is 0 Å². The molecule has 0 radical (unpaired) electrons. The van der Waals surface area contributed by atoms with Crippen LogP contribution in [-0.2, 0) is 4.79 Å². The molecule has 24 heavy (non-hydrogen) atoms. The van der Waals surface area contributed by atoms with Crippen LogP contribution in [-0.4, -0.2) is 26.1 Å². The van der Waals surface area contributed by atoms with Crippen LogP contribution in [0.2, 0.25) is 0 Å². The van der Waals surface area contributed by atoms with Crippen LogP contribution in [0.1, 0.15) is 30.4 Å². The predicted octanol–water partition coefficient (Wildman–Crippen LogP) is 3.10. The summed E-state index contributed by atoms with van der Waals surface area (Å²) in [6.07, 6.45) is 1.99. The van der Waals surface area contributed by atoms with Gasteiger partial charge in [-0.1, -0.05) is 37.3 Å². The Bertz CT molecular complexity index is 815. The van der Waals surface area contributed by atoms with E-state index in [2.05, 4.69) is 27.8 Å². The van der Waals surface area contributed by atoms with Gasteiger partial charge in [-0.2, -0.15) is 0 Å². The second kappa shape index (κ2) is 7.04. The first-order chi connectivity index (χ1) is 11.6. The van der Waals surface area contributed by atoms with Crippen molar-refractivity contribution >= 4 is 11.6 Å². The van der Waals surface area contributed by atoms with E-state index in [-0.39, 0.29) is 11.8 Å². The van der Waals surface area contributed by atoms with E-state index >= 15 is 0 Å². The highest BCUT2D eigenvalue weighted by Crippen LogP contribution is 2.21. The second-order valence-electron chi connectivity index (χ2n) is 5.82. The first kappa shape index (κ1) is 15.9. The molecule has 3 rings (SSSR count). The Balaban J connectivity index is 1.65. The topological polar surface area (TPSA) is 72.7 Å². The Labute approximate surface area is 140 Å². The zero-order chi connectivity index (χ0) is 16.9. The molecule has 1 aromatic heterocycles. The Morgan fingerprint density at radius 1 is 1.21 bits per heavy atom. The Morgan fingerprint density at radius 3 is 2.67 bits per heavy atom. The number of hydrogen-bond donors (Lipinski definition) is 1. The maximum Gasteiger partial charge on any atom is 0.224 e. The van der Waals surface area contributed by atoms with Gasteiger partial charge >= 0.3 is 0 Å². The fourth-order valence-corrected chi connectivity index (χ4v) is 2.65. The molecule has 2 aromatic carbocycles. The van der Waals surface area contributed by atoms with Gasteiger partial charge in [0, 0.05) is 12.1 Å². The highest BCUT2D eigenvalue weighted by Gasteiger charge is 2.12. The van der Waals surface area contributed by atoms with Crippen molar-refractivity contribution in [3.8, 4) is 5.69 Å². The van der Waals surface area contributed by atoms with Crippen LogP contribution < -0.4 is 5.32 Å². The number of anilines is 1. The second-order valence-corrected chi connectivity index (χ2v) is 5.82. The largest absolute Gasteiger partial charge is 0.326 e. The minimum Gasteiger partial charge on any atom is -0.326 e. The van der Waals surface area contributed by atoms with Crippen molar-refractivity contribution in [2.45, 2.75) is 26.2 Å². The summed E-state index contributed by atoms with van der Waals surface area (Å²) < 4.78 is 1.60. The molecule has 6 nitrogen and oxygen atoms in total. The van der Waals surface area contributed by atoms with E-state index in [1.807, 2.05) is 55.5 Å². The van der Waals surface area contributed by atoms with Crippen molar-refractivity contribution in [3.05, 3.63) is 66.0 Å². The molecule has 0 aliphatic carbocycles. The number of benzene rings is 2. The number of amides is 1. The van der Waals surface area contributed by atoms with Gasteiger partial charge in [0.25, 0.3) is 0 Å². The minimum absolute atomic E-state index is 0.000857. The number of carbonyl (C=O) groups is 1. The quantitative estimate of drug-likeness (QED) is 0.783. The van der Waals surface area contributed by atoms with Crippen LogP contribution in [0.25, 0.3) is 5.69 Å². The predicted molar refractivity (Wildman–Crippen MR) is 92.0 cm³/mol. The van der Waals surface area contributed by atoms with Crippen LogP contribution >= 0.6 is 0 Å². The monoisotopic (exact) mass is 321 g/mol. The van der Waals surface area contributed by atoms with Crippen molar-refractivity contribution in [3.63, 3.8) is 0 Å². The van der Waals surface area contributed by atoms with E-state index in [1.54, 1.807) is 11.0 Å². The molecule has 0 spiro atoms. The summed E-state index contributed by atoms with van der Waals surface area (Å²) in [5.74, 6) is 0.175. The van der Waals surface area contributed by atoms with Crippen LogP contribution in [0.4, 0.5) is 5.69 Å². The first-order valence-corrected chi connectivity index (χ1v) is 7.82. The van der Waals surface area contributed by atoms with E-state index in [9.17, 15) is 4.79 Å². The van der Waals surface area contributed by atoms with Gasteiger partial charge in [-0.25, -0.2) is 4.68 Å². The number of rotatable bonds is 5. The standard InChI is InChI=1S/C18H19N5O/c1-13(15-6-4-3-5-7-15)11-18(24)20-16-8-9-17(14(2)10-16)23-12-19-21-22-23/h3-10,12-13H,11H2,1-2H3,(H,20,24). The molecule has 1 unspecified atom stereocenters. The lowest BCUT2D eigenvalue weighted by Crippen LogP contribution is -2.14. The summed E-state index contributed by atoms with van der Waals surface area (Å²) in [4.78, 5) is 12.3. The lowest BCUT2D eigenvalue weighted by molar-refractivity contribution is -0.116.